The summed E-state index contributed by atoms with van der Waals surface area (Å²) >= 11 is 0. The molecule has 0 amide bonds. The highest BCUT2D eigenvalue weighted by atomic mass is 15.3. The maximum absolute atomic E-state index is 6.69. The molecule has 2 aliphatic rings. The minimum absolute atomic E-state index is 0.812. The number of fused-ring (bicyclic) bond motifs is 1. The predicted molar refractivity (Wildman–Crippen MR) is 127 cm³/mol. The molecule has 0 radical (unpaired) electrons. The van der Waals surface area contributed by atoms with Gasteiger partial charge in [-0.05, 0) is 30.2 Å². The van der Waals surface area contributed by atoms with Gasteiger partial charge in [0.25, 0.3) is 0 Å². The van der Waals surface area contributed by atoms with E-state index < -0.39 is 5.79 Å². The van der Waals surface area contributed by atoms with Gasteiger partial charge in [0, 0.05) is 60.3 Å². The topological polar surface area (TPSA) is 93.8 Å². The Hall–Kier alpha value is -3.42. The maximum Gasteiger partial charge on any atom is 0.210 e. The Morgan fingerprint density at radius 1 is 1.16 bits per heavy atom. The van der Waals surface area contributed by atoms with Crippen LogP contribution >= 0.6 is 0 Å². The molecule has 2 aliphatic heterocycles. The second-order valence-electron chi connectivity index (χ2n) is 7.94. The van der Waals surface area contributed by atoms with Gasteiger partial charge in [0.05, 0.1) is 6.67 Å². The van der Waals surface area contributed by atoms with Gasteiger partial charge < -0.3 is 15.6 Å². The molecule has 0 saturated carbocycles. The highest BCUT2D eigenvalue weighted by molar-refractivity contribution is 5.95. The normalized spacial score (nSPS) is 20.7. The molecule has 7 nitrogen and oxygen atoms in total. The summed E-state index contributed by atoms with van der Waals surface area (Å²) in [5.41, 5.74) is 11.0. The number of aromatic nitrogens is 1. The summed E-state index contributed by atoms with van der Waals surface area (Å²) in [6.45, 7) is 3.64. The summed E-state index contributed by atoms with van der Waals surface area (Å²) < 4.78 is 0. The molecular weight excluding hydrogens is 386 g/mol. The van der Waals surface area contributed by atoms with Crippen molar-refractivity contribution in [3.8, 4) is 11.1 Å². The molecule has 1 atom stereocenters. The SMILES string of the molecule is NC1(c2cccc(-c3c[nH]c4ccccc34)c2)N=CC=C(NCCCN2CC=NC2)N1. The Morgan fingerprint density at radius 2 is 2.10 bits per heavy atom. The van der Waals surface area contributed by atoms with E-state index in [4.69, 9.17) is 5.73 Å². The van der Waals surface area contributed by atoms with Crippen molar-refractivity contribution in [2.45, 2.75) is 12.2 Å². The van der Waals surface area contributed by atoms with Crippen molar-refractivity contribution in [3.63, 3.8) is 0 Å². The first-order chi connectivity index (χ1) is 15.2. The van der Waals surface area contributed by atoms with E-state index in [1.165, 1.54) is 5.39 Å². The molecule has 5 N–H and O–H groups in total. The van der Waals surface area contributed by atoms with Crippen LogP contribution in [0.4, 0.5) is 0 Å². The van der Waals surface area contributed by atoms with Crippen LogP contribution in [0.3, 0.4) is 0 Å². The van der Waals surface area contributed by atoms with Crippen molar-refractivity contribution in [1.82, 2.24) is 20.5 Å². The Morgan fingerprint density at radius 3 is 3.00 bits per heavy atom. The van der Waals surface area contributed by atoms with Crippen LogP contribution in [0.5, 0.6) is 0 Å². The molecule has 0 bridgehead atoms. The fraction of sp³-hybridized carbons (Fsp3) is 0.250. The molecule has 2 aromatic carbocycles. The number of nitrogens with zero attached hydrogens (tertiary/aromatic N) is 3. The number of aromatic amines is 1. The van der Waals surface area contributed by atoms with Crippen molar-refractivity contribution >= 4 is 23.3 Å². The second-order valence-corrected chi connectivity index (χ2v) is 7.94. The molecule has 3 aromatic rings. The molecule has 158 valence electrons. The van der Waals surface area contributed by atoms with Gasteiger partial charge in [0.2, 0.25) is 5.79 Å². The first-order valence-electron chi connectivity index (χ1n) is 10.7. The zero-order valence-electron chi connectivity index (χ0n) is 17.4. The largest absolute Gasteiger partial charge is 0.372 e. The summed E-state index contributed by atoms with van der Waals surface area (Å²) in [5.74, 6) is -0.130. The first-order valence-corrected chi connectivity index (χ1v) is 10.7. The quantitative estimate of drug-likeness (QED) is 0.448. The van der Waals surface area contributed by atoms with Crippen LogP contribution in [-0.2, 0) is 5.79 Å². The third kappa shape index (κ3) is 4.10. The molecule has 7 heteroatoms. The highest BCUT2D eigenvalue weighted by Crippen LogP contribution is 2.31. The number of H-pyrrole nitrogens is 1. The summed E-state index contributed by atoms with van der Waals surface area (Å²) in [7, 11) is 0. The van der Waals surface area contributed by atoms with Crippen LogP contribution in [0.25, 0.3) is 22.0 Å². The number of benzene rings is 2. The monoisotopic (exact) mass is 413 g/mol. The highest BCUT2D eigenvalue weighted by Gasteiger charge is 2.29. The molecule has 1 unspecified atom stereocenters. The van der Waals surface area contributed by atoms with Crippen molar-refractivity contribution in [2.75, 3.05) is 26.3 Å². The van der Waals surface area contributed by atoms with E-state index >= 15 is 0 Å². The number of nitrogens with one attached hydrogen (secondary N) is 3. The number of nitrogens with two attached hydrogens (primary N) is 1. The molecule has 31 heavy (non-hydrogen) atoms. The molecule has 0 saturated heterocycles. The van der Waals surface area contributed by atoms with Crippen LogP contribution < -0.4 is 16.4 Å². The van der Waals surface area contributed by atoms with Crippen molar-refractivity contribution in [3.05, 3.63) is 72.2 Å². The lowest BCUT2D eigenvalue weighted by Crippen LogP contribution is -2.52. The molecule has 0 fully saturated rings. The lowest BCUT2D eigenvalue weighted by molar-refractivity contribution is 0.332. The summed E-state index contributed by atoms with van der Waals surface area (Å²) in [5, 5.41) is 8.00. The molecule has 0 spiro atoms. The Labute approximate surface area is 181 Å². The number of rotatable bonds is 7. The van der Waals surface area contributed by atoms with Crippen LogP contribution in [0.1, 0.15) is 12.0 Å². The van der Waals surface area contributed by atoms with Crippen molar-refractivity contribution < 1.29 is 0 Å². The van der Waals surface area contributed by atoms with Gasteiger partial charge in [-0.2, -0.15) is 0 Å². The average Bonchev–Trinajstić information content (AvgIpc) is 3.47. The number of hydrogen-bond donors (Lipinski definition) is 4. The Bertz CT molecular complexity index is 1150. The number of aliphatic imine (C=N–C) groups is 2. The predicted octanol–water partition coefficient (Wildman–Crippen LogP) is 2.74. The minimum atomic E-state index is -1.01. The van der Waals surface area contributed by atoms with Crippen LogP contribution in [0.2, 0.25) is 0 Å². The van der Waals surface area contributed by atoms with Gasteiger partial charge >= 0.3 is 0 Å². The maximum atomic E-state index is 6.69. The van der Waals surface area contributed by atoms with Crippen molar-refractivity contribution in [2.24, 2.45) is 15.7 Å². The van der Waals surface area contributed by atoms with Gasteiger partial charge in [0.15, 0.2) is 0 Å². The van der Waals surface area contributed by atoms with E-state index in [0.717, 1.165) is 60.8 Å². The van der Waals surface area contributed by atoms with Gasteiger partial charge in [0.1, 0.15) is 5.82 Å². The Balaban J connectivity index is 1.28. The molecule has 5 rings (SSSR count). The fourth-order valence-electron chi connectivity index (χ4n) is 4.08. The fourth-order valence-corrected chi connectivity index (χ4v) is 4.08. The lowest BCUT2D eigenvalue weighted by atomic mass is 9.99. The number of para-hydroxylation sites is 1. The summed E-state index contributed by atoms with van der Waals surface area (Å²) in [4.78, 5) is 14.5. The molecule has 1 aromatic heterocycles. The van der Waals surface area contributed by atoms with Gasteiger partial charge in [-0.15, -0.1) is 0 Å². The number of hydrogen-bond acceptors (Lipinski definition) is 6. The first kappa shape index (κ1) is 19.5. The Kier molecular flexibility index (Phi) is 5.28. The van der Waals surface area contributed by atoms with Crippen LogP contribution in [0, 0.1) is 0 Å². The summed E-state index contributed by atoms with van der Waals surface area (Å²) in [6, 6.07) is 16.6. The lowest BCUT2D eigenvalue weighted by Gasteiger charge is -2.32. The second kappa shape index (κ2) is 8.37. The van der Waals surface area contributed by atoms with E-state index in [9.17, 15) is 0 Å². The van der Waals surface area contributed by atoms with E-state index in [2.05, 4.69) is 60.8 Å². The minimum Gasteiger partial charge on any atom is -0.372 e. The standard InChI is InChI=1S/C24H27N7/c25-24(29-11-9-23(30-24)27-10-4-13-31-14-12-26-17-31)19-6-3-5-18(15-19)21-16-28-22-8-2-1-7-20(21)22/h1-3,5-9,11-12,15-16,27-28,30H,4,10,13-14,17,25H2. The van der Waals surface area contributed by atoms with E-state index in [1.807, 2.05) is 36.7 Å². The van der Waals surface area contributed by atoms with Crippen LogP contribution in [-0.4, -0.2) is 48.6 Å². The van der Waals surface area contributed by atoms with Crippen LogP contribution in [0.15, 0.2) is 76.6 Å². The van der Waals surface area contributed by atoms with Gasteiger partial charge in [-0.3, -0.25) is 15.6 Å². The number of allylic oxidation sites excluding steroid dienone is 1. The molecule has 0 aliphatic carbocycles. The van der Waals surface area contributed by atoms with E-state index in [-0.39, 0.29) is 0 Å². The zero-order valence-corrected chi connectivity index (χ0v) is 17.4. The zero-order chi connectivity index (χ0) is 21.1. The average molecular weight is 414 g/mol. The molecule has 3 heterocycles. The smallest absolute Gasteiger partial charge is 0.210 e. The third-order valence-electron chi connectivity index (χ3n) is 5.76. The van der Waals surface area contributed by atoms with Crippen molar-refractivity contribution in [1.29, 1.82) is 0 Å². The molecular formula is C24H27N7. The third-order valence-corrected chi connectivity index (χ3v) is 5.76. The summed E-state index contributed by atoms with van der Waals surface area (Å²) in [6.07, 6.45) is 8.75. The van der Waals surface area contributed by atoms with E-state index in [0.29, 0.717) is 0 Å². The van der Waals surface area contributed by atoms with Gasteiger partial charge in [-0.25, -0.2) is 4.99 Å². The van der Waals surface area contributed by atoms with E-state index in [1.54, 1.807) is 6.21 Å². The van der Waals surface area contributed by atoms with Gasteiger partial charge in [-0.1, -0.05) is 36.4 Å².